The summed E-state index contributed by atoms with van der Waals surface area (Å²) >= 11 is 0. The minimum absolute atomic E-state index is 0.0770. The molecule has 1 aliphatic rings. The van der Waals surface area contributed by atoms with Crippen molar-refractivity contribution in [2.75, 3.05) is 13.1 Å². The molecule has 2 aromatic rings. The third kappa shape index (κ3) is 4.58. The van der Waals surface area contributed by atoms with Crippen LogP contribution >= 0.6 is 0 Å². The van der Waals surface area contributed by atoms with Gasteiger partial charge in [0.25, 0.3) is 5.91 Å². The standard InChI is InChI=1S/C23H29N3O2/c1-4-21(27)26-14-12-19(13-15-26)22-20(11-10-16(2)24-22)23(28)25-17(3)18-8-6-5-7-9-18/h5-11,17,19H,4,12-15H2,1-3H3,(H,25,28). The number of rotatable bonds is 5. The normalized spacial score (nSPS) is 15.9. The molecule has 2 amide bonds. The maximum atomic E-state index is 13.0. The van der Waals surface area contributed by atoms with Gasteiger partial charge in [0.05, 0.1) is 17.3 Å². The molecule has 1 aromatic carbocycles. The number of benzene rings is 1. The zero-order valence-electron chi connectivity index (χ0n) is 16.9. The van der Waals surface area contributed by atoms with Crippen molar-refractivity contribution in [3.63, 3.8) is 0 Å². The van der Waals surface area contributed by atoms with E-state index in [2.05, 4.69) is 5.32 Å². The van der Waals surface area contributed by atoms with Crippen LogP contribution in [0.25, 0.3) is 0 Å². The number of carbonyl (C=O) groups is 2. The highest BCUT2D eigenvalue weighted by atomic mass is 16.2. The Kier molecular flexibility index (Phi) is 6.45. The van der Waals surface area contributed by atoms with Crippen molar-refractivity contribution < 1.29 is 9.59 Å². The van der Waals surface area contributed by atoms with Gasteiger partial charge in [-0.1, -0.05) is 37.3 Å². The molecule has 1 aromatic heterocycles. The average molecular weight is 380 g/mol. The zero-order chi connectivity index (χ0) is 20.1. The third-order valence-corrected chi connectivity index (χ3v) is 5.49. The molecule has 2 heterocycles. The maximum absolute atomic E-state index is 13.0. The van der Waals surface area contributed by atoms with E-state index in [-0.39, 0.29) is 23.8 Å². The van der Waals surface area contributed by atoms with Gasteiger partial charge in [0.1, 0.15) is 0 Å². The smallest absolute Gasteiger partial charge is 0.253 e. The number of carbonyl (C=O) groups excluding carboxylic acids is 2. The Morgan fingerprint density at radius 2 is 1.82 bits per heavy atom. The number of hydrogen-bond donors (Lipinski definition) is 1. The van der Waals surface area contributed by atoms with E-state index < -0.39 is 0 Å². The van der Waals surface area contributed by atoms with E-state index in [0.29, 0.717) is 12.0 Å². The van der Waals surface area contributed by atoms with E-state index in [1.165, 1.54) is 0 Å². The number of nitrogens with one attached hydrogen (secondary N) is 1. The van der Waals surface area contributed by atoms with Crippen LogP contribution in [0.2, 0.25) is 0 Å². The minimum Gasteiger partial charge on any atom is -0.345 e. The fraction of sp³-hybridized carbons (Fsp3) is 0.435. The maximum Gasteiger partial charge on any atom is 0.253 e. The van der Waals surface area contributed by atoms with Crippen molar-refractivity contribution in [3.8, 4) is 0 Å². The van der Waals surface area contributed by atoms with Crippen LogP contribution in [-0.4, -0.2) is 34.8 Å². The second-order valence-corrected chi connectivity index (χ2v) is 7.50. The number of likely N-dealkylation sites (tertiary alicyclic amines) is 1. The van der Waals surface area contributed by atoms with E-state index in [1.54, 1.807) is 0 Å². The molecule has 0 aliphatic carbocycles. The lowest BCUT2D eigenvalue weighted by molar-refractivity contribution is -0.131. The van der Waals surface area contributed by atoms with Crippen LogP contribution in [0.4, 0.5) is 0 Å². The van der Waals surface area contributed by atoms with Gasteiger partial charge in [0, 0.05) is 31.1 Å². The molecular formula is C23H29N3O2. The fourth-order valence-corrected chi connectivity index (χ4v) is 3.81. The van der Waals surface area contributed by atoms with Crippen LogP contribution in [0.1, 0.15) is 72.4 Å². The molecule has 28 heavy (non-hydrogen) atoms. The van der Waals surface area contributed by atoms with Crippen molar-refractivity contribution in [1.29, 1.82) is 0 Å². The molecule has 0 radical (unpaired) electrons. The number of pyridine rings is 1. The van der Waals surface area contributed by atoms with Crippen LogP contribution in [0.5, 0.6) is 0 Å². The predicted octanol–water partition coefficient (Wildman–Crippen LogP) is 4.00. The molecule has 0 bridgehead atoms. The summed E-state index contributed by atoms with van der Waals surface area (Å²) in [4.78, 5) is 31.6. The molecular weight excluding hydrogens is 350 g/mol. The monoisotopic (exact) mass is 379 g/mol. The van der Waals surface area contributed by atoms with Crippen LogP contribution in [0, 0.1) is 6.92 Å². The zero-order valence-corrected chi connectivity index (χ0v) is 16.9. The molecule has 1 unspecified atom stereocenters. The van der Waals surface area contributed by atoms with Crippen LogP contribution in [0.15, 0.2) is 42.5 Å². The lowest BCUT2D eigenvalue weighted by Crippen LogP contribution is -2.38. The van der Waals surface area contributed by atoms with E-state index >= 15 is 0 Å². The highest BCUT2D eigenvalue weighted by Crippen LogP contribution is 2.30. The summed E-state index contributed by atoms with van der Waals surface area (Å²) in [6.07, 6.45) is 2.23. The van der Waals surface area contributed by atoms with Gasteiger partial charge in [0.2, 0.25) is 5.91 Å². The number of aromatic nitrogens is 1. The van der Waals surface area contributed by atoms with Gasteiger partial charge in [-0.05, 0) is 44.4 Å². The van der Waals surface area contributed by atoms with Gasteiger partial charge >= 0.3 is 0 Å². The summed E-state index contributed by atoms with van der Waals surface area (Å²) in [6, 6.07) is 13.6. The molecule has 1 atom stereocenters. The molecule has 5 heteroatoms. The SMILES string of the molecule is CCC(=O)N1CCC(c2nc(C)ccc2C(=O)NC(C)c2ccccc2)CC1. The summed E-state index contributed by atoms with van der Waals surface area (Å²) in [7, 11) is 0. The minimum atomic E-state index is -0.0917. The van der Waals surface area contributed by atoms with Gasteiger partial charge in [-0.2, -0.15) is 0 Å². The first kappa shape index (κ1) is 20.1. The second kappa shape index (κ2) is 9.00. The number of nitrogens with zero attached hydrogens (tertiary/aromatic N) is 2. The molecule has 1 saturated heterocycles. The Balaban J connectivity index is 1.76. The van der Waals surface area contributed by atoms with Gasteiger partial charge in [-0.3, -0.25) is 14.6 Å². The van der Waals surface area contributed by atoms with Gasteiger partial charge in [-0.15, -0.1) is 0 Å². The number of aryl methyl sites for hydroxylation is 1. The highest BCUT2D eigenvalue weighted by molar-refractivity contribution is 5.95. The molecule has 1 fully saturated rings. The largest absolute Gasteiger partial charge is 0.345 e. The quantitative estimate of drug-likeness (QED) is 0.854. The van der Waals surface area contributed by atoms with E-state index in [1.807, 2.05) is 68.1 Å². The second-order valence-electron chi connectivity index (χ2n) is 7.50. The van der Waals surface area contributed by atoms with E-state index in [0.717, 1.165) is 42.9 Å². The van der Waals surface area contributed by atoms with E-state index in [4.69, 9.17) is 4.98 Å². The number of hydrogen-bond acceptors (Lipinski definition) is 3. The Labute approximate surface area is 167 Å². The number of piperidine rings is 1. The van der Waals surface area contributed by atoms with E-state index in [9.17, 15) is 9.59 Å². The third-order valence-electron chi connectivity index (χ3n) is 5.49. The summed E-state index contributed by atoms with van der Waals surface area (Å²) in [6.45, 7) is 7.30. The van der Waals surface area contributed by atoms with Gasteiger partial charge in [-0.25, -0.2) is 0 Å². The molecule has 148 valence electrons. The molecule has 1 N–H and O–H groups in total. The first-order valence-corrected chi connectivity index (χ1v) is 10.1. The summed E-state index contributed by atoms with van der Waals surface area (Å²) < 4.78 is 0. The molecule has 1 aliphatic heterocycles. The molecule has 5 nitrogen and oxygen atoms in total. The average Bonchev–Trinajstić information content (AvgIpc) is 2.73. The summed E-state index contributed by atoms with van der Waals surface area (Å²) in [5, 5.41) is 3.10. The summed E-state index contributed by atoms with van der Waals surface area (Å²) in [5.74, 6) is 0.310. The van der Waals surface area contributed by atoms with Crippen LogP contribution in [0.3, 0.4) is 0 Å². The topological polar surface area (TPSA) is 62.3 Å². The Morgan fingerprint density at radius 1 is 1.14 bits per heavy atom. The first-order chi connectivity index (χ1) is 13.5. The van der Waals surface area contributed by atoms with Gasteiger partial charge < -0.3 is 10.2 Å². The lowest BCUT2D eigenvalue weighted by Gasteiger charge is -2.32. The molecule has 3 rings (SSSR count). The van der Waals surface area contributed by atoms with Gasteiger partial charge in [0.15, 0.2) is 0 Å². The van der Waals surface area contributed by atoms with Crippen molar-refractivity contribution >= 4 is 11.8 Å². The first-order valence-electron chi connectivity index (χ1n) is 10.1. The Hall–Kier alpha value is -2.69. The van der Waals surface area contributed by atoms with Crippen molar-refractivity contribution in [2.45, 2.75) is 52.0 Å². The Bertz CT molecular complexity index is 827. The molecule has 0 spiro atoms. The predicted molar refractivity (Wildman–Crippen MR) is 110 cm³/mol. The van der Waals surface area contributed by atoms with Crippen LogP contribution < -0.4 is 5.32 Å². The summed E-state index contributed by atoms with van der Waals surface area (Å²) in [5.41, 5.74) is 3.49. The highest BCUT2D eigenvalue weighted by Gasteiger charge is 2.27. The lowest BCUT2D eigenvalue weighted by atomic mass is 9.89. The Morgan fingerprint density at radius 3 is 2.46 bits per heavy atom. The molecule has 0 saturated carbocycles. The van der Waals surface area contributed by atoms with Crippen molar-refractivity contribution in [1.82, 2.24) is 15.2 Å². The van der Waals surface area contributed by atoms with Crippen LogP contribution in [-0.2, 0) is 4.79 Å². The van der Waals surface area contributed by atoms with Crippen molar-refractivity contribution in [2.24, 2.45) is 0 Å². The van der Waals surface area contributed by atoms with Crippen molar-refractivity contribution in [3.05, 3.63) is 65.0 Å². The number of amides is 2. The fourth-order valence-electron chi connectivity index (χ4n) is 3.81.